The van der Waals surface area contributed by atoms with Crippen LogP contribution in [0.2, 0.25) is 0 Å². The predicted octanol–water partition coefficient (Wildman–Crippen LogP) is 2.46. The van der Waals surface area contributed by atoms with Gasteiger partial charge >= 0.3 is 0 Å². The third-order valence-corrected chi connectivity index (χ3v) is 7.94. The molecule has 7 heteroatoms. The lowest BCUT2D eigenvalue weighted by molar-refractivity contribution is -0.168. The molecule has 1 saturated heterocycles. The molecule has 1 spiro atoms. The molecule has 3 saturated carbocycles. The highest BCUT2D eigenvalue weighted by molar-refractivity contribution is 5.98. The molecule has 5 aliphatic rings. The van der Waals surface area contributed by atoms with E-state index in [2.05, 4.69) is 17.6 Å². The molecule has 31 heavy (non-hydrogen) atoms. The molecule has 2 N–H and O–H groups in total. The van der Waals surface area contributed by atoms with Crippen molar-refractivity contribution in [2.75, 3.05) is 19.6 Å². The summed E-state index contributed by atoms with van der Waals surface area (Å²) < 4.78 is 6.41. The summed E-state index contributed by atoms with van der Waals surface area (Å²) in [4.78, 5) is 40.2. The first-order valence-electron chi connectivity index (χ1n) is 11.6. The molecule has 1 aromatic rings. The summed E-state index contributed by atoms with van der Waals surface area (Å²) >= 11 is 0. The number of piperidine rings is 1. The number of fused-ring (bicyclic) bond motifs is 3. The van der Waals surface area contributed by atoms with E-state index in [9.17, 15) is 14.4 Å². The molecule has 4 unspecified atom stereocenters. The van der Waals surface area contributed by atoms with E-state index in [1.165, 1.54) is 6.42 Å². The quantitative estimate of drug-likeness (QED) is 0.779. The molecule has 1 aromatic carbocycles. The molecule has 3 aliphatic carbocycles. The van der Waals surface area contributed by atoms with Crippen LogP contribution >= 0.6 is 0 Å². The number of ether oxygens (including phenoxy) is 1. The van der Waals surface area contributed by atoms with Gasteiger partial charge in [0.1, 0.15) is 5.75 Å². The Balaban J connectivity index is 1.28. The third-order valence-electron chi connectivity index (χ3n) is 7.94. The predicted molar refractivity (Wildman–Crippen MR) is 114 cm³/mol. The smallest absolute Gasteiger partial charge is 0.258 e. The topological polar surface area (TPSA) is 87.7 Å². The van der Waals surface area contributed by atoms with Crippen molar-refractivity contribution >= 4 is 17.7 Å². The van der Waals surface area contributed by atoms with Gasteiger partial charge in [-0.1, -0.05) is 19.1 Å². The van der Waals surface area contributed by atoms with Crippen molar-refractivity contribution in [2.24, 2.45) is 17.3 Å². The van der Waals surface area contributed by atoms with Crippen molar-refractivity contribution in [3.63, 3.8) is 0 Å². The van der Waals surface area contributed by atoms with E-state index in [0.29, 0.717) is 24.2 Å². The van der Waals surface area contributed by atoms with Crippen molar-refractivity contribution in [2.45, 2.75) is 57.6 Å². The van der Waals surface area contributed by atoms with Gasteiger partial charge in [0.25, 0.3) is 5.91 Å². The van der Waals surface area contributed by atoms with E-state index in [1.807, 2.05) is 23.1 Å². The average molecular weight is 426 g/mol. The van der Waals surface area contributed by atoms with Gasteiger partial charge < -0.3 is 20.3 Å². The summed E-state index contributed by atoms with van der Waals surface area (Å²) in [5.74, 6) is 0.371. The van der Waals surface area contributed by atoms with Crippen molar-refractivity contribution < 1.29 is 19.1 Å². The Morgan fingerprint density at radius 2 is 2.00 bits per heavy atom. The Bertz CT molecular complexity index is 912. The number of nitrogens with one attached hydrogen (secondary N) is 2. The Hall–Kier alpha value is -2.57. The minimum Gasteiger partial charge on any atom is -0.467 e. The van der Waals surface area contributed by atoms with Crippen LogP contribution in [0.4, 0.5) is 0 Å². The van der Waals surface area contributed by atoms with Crippen molar-refractivity contribution in [3.05, 3.63) is 29.8 Å². The van der Waals surface area contributed by atoms with Crippen LogP contribution in [0.3, 0.4) is 0 Å². The summed E-state index contributed by atoms with van der Waals surface area (Å²) in [5, 5.41) is 6.06. The van der Waals surface area contributed by atoms with E-state index in [4.69, 9.17) is 4.74 Å². The van der Waals surface area contributed by atoms with E-state index >= 15 is 0 Å². The Morgan fingerprint density at radius 3 is 2.77 bits per heavy atom. The molecular formula is C24H31N3O4. The van der Waals surface area contributed by atoms with Crippen LogP contribution in [0.5, 0.6) is 5.75 Å². The van der Waals surface area contributed by atoms with Crippen LogP contribution < -0.4 is 15.4 Å². The number of hydrogen-bond donors (Lipinski definition) is 2. The number of carbonyl (C=O) groups excluding carboxylic acids is 3. The molecule has 0 aromatic heterocycles. The Kier molecular flexibility index (Phi) is 4.94. The average Bonchev–Trinajstić information content (AvgIpc) is 2.77. The fraction of sp³-hybridized carbons (Fsp3) is 0.625. The second-order valence-corrected chi connectivity index (χ2v) is 9.96. The van der Waals surface area contributed by atoms with Crippen LogP contribution in [-0.4, -0.2) is 48.0 Å². The van der Waals surface area contributed by atoms with Gasteiger partial charge in [0, 0.05) is 31.3 Å². The zero-order valence-electron chi connectivity index (χ0n) is 18.1. The zero-order valence-corrected chi connectivity index (χ0v) is 18.1. The second-order valence-electron chi connectivity index (χ2n) is 9.96. The number of likely N-dealkylation sites (tertiary alicyclic amines) is 1. The second kappa shape index (κ2) is 7.53. The summed E-state index contributed by atoms with van der Waals surface area (Å²) in [6.07, 6.45) is 6.33. The van der Waals surface area contributed by atoms with Crippen LogP contribution in [0.1, 0.15) is 62.2 Å². The van der Waals surface area contributed by atoms with E-state index < -0.39 is 5.72 Å². The Morgan fingerprint density at radius 1 is 1.23 bits per heavy atom. The van der Waals surface area contributed by atoms with Crippen LogP contribution in [-0.2, 0) is 9.59 Å². The van der Waals surface area contributed by atoms with Gasteiger partial charge in [-0.15, -0.1) is 0 Å². The number of benzene rings is 1. The number of amides is 3. The Labute approximate surface area is 182 Å². The van der Waals surface area contributed by atoms with Gasteiger partial charge in [0.05, 0.1) is 12.1 Å². The van der Waals surface area contributed by atoms with Crippen LogP contribution in [0.15, 0.2) is 24.3 Å². The highest BCUT2D eigenvalue weighted by Gasteiger charge is 2.61. The molecule has 2 aliphatic heterocycles. The summed E-state index contributed by atoms with van der Waals surface area (Å²) in [6.45, 7) is 3.77. The van der Waals surface area contributed by atoms with Gasteiger partial charge in [-0.05, 0) is 56.1 Å². The molecule has 2 bridgehead atoms. The van der Waals surface area contributed by atoms with Gasteiger partial charge in [0.2, 0.25) is 11.8 Å². The van der Waals surface area contributed by atoms with Crippen molar-refractivity contribution in [3.8, 4) is 5.75 Å². The van der Waals surface area contributed by atoms with Crippen molar-refractivity contribution in [1.82, 2.24) is 15.5 Å². The number of rotatable bonds is 3. The maximum Gasteiger partial charge on any atom is 0.258 e. The lowest BCUT2D eigenvalue weighted by atomic mass is 9.52. The minimum absolute atomic E-state index is 0.00938. The first-order chi connectivity index (χ1) is 14.9. The molecule has 2 heterocycles. The lowest BCUT2D eigenvalue weighted by Crippen LogP contribution is -2.69. The normalized spacial score (nSPS) is 34.0. The molecule has 3 amide bonds. The molecule has 6 rings (SSSR count). The van der Waals surface area contributed by atoms with Gasteiger partial charge in [-0.3, -0.25) is 14.4 Å². The molecule has 7 nitrogen and oxygen atoms in total. The van der Waals surface area contributed by atoms with Gasteiger partial charge in [-0.25, -0.2) is 0 Å². The largest absolute Gasteiger partial charge is 0.467 e. The lowest BCUT2D eigenvalue weighted by Gasteiger charge is -2.59. The standard InChI is InChI=1S/C24H31N3O4/c1-23-10-9-16(24(15-23)26-21(29)17-7-3-4-8-19(17)31-24)13-18(23)22(30)25-14-20(28)27-11-5-2-6-12-27/h3-4,7-8,16,18H,2,5-6,9-15H2,1H3,(H,25,30)(H,26,29). The fourth-order valence-electron chi connectivity index (χ4n) is 6.20. The van der Waals surface area contributed by atoms with E-state index in [0.717, 1.165) is 38.8 Å². The number of hydrogen-bond acceptors (Lipinski definition) is 4. The monoisotopic (exact) mass is 425 g/mol. The van der Waals surface area contributed by atoms with Crippen molar-refractivity contribution in [1.29, 1.82) is 0 Å². The molecule has 0 radical (unpaired) electrons. The zero-order chi connectivity index (χ0) is 21.6. The maximum absolute atomic E-state index is 13.1. The van der Waals surface area contributed by atoms with Crippen LogP contribution in [0, 0.1) is 17.3 Å². The number of para-hydroxylation sites is 1. The summed E-state index contributed by atoms with van der Waals surface area (Å²) in [7, 11) is 0. The SMILES string of the molecule is CC12CCC(CC1C(=O)NCC(=O)N1CCCCC1)C1(C2)NC(=O)c2ccccc2O1. The van der Waals surface area contributed by atoms with Crippen LogP contribution in [0.25, 0.3) is 0 Å². The first kappa shape index (κ1) is 20.3. The molecule has 4 fully saturated rings. The third kappa shape index (κ3) is 3.48. The summed E-state index contributed by atoms with van der Waals surface area (Å²) in [6, 6.07) is 7.33. The highest BCUT2D eigenvalue weighted by atomic mass is 16.5. The molecule has 4 atom stereocenters. The fourth-order valence-corrected chi connectivity index (χ4v) is 6.20. The minimum atomic E-state index is -0.751. The number of carbonyl (C=O) groups is 3. The van der Waals surface area contributed by atoms with Gasteiger partial charge in [-0.2, -0.15) is 0 Å². The molecule has 166 valence electrons. The van der Waals surface area contributed by atoms with Gasteiger partial charge in [0.15, 0.2) is 5.72 Å². The maximum atomic E-state index is 13.1. The number of nitrogens with zero attached hydrogens (tertiary/aromatic N) is 1. The van der Waals surface area contributed by atoms with E-state index in [1.54, 1.807) is 6.07 Å². The first-order valence-corrected chi connectivity index (χ1v) is 11.6. The van der Waals surface area contributed by atoms with E-state index in [-0.39, 0.29) is 41.5 Å². The summed E-state index contributed by atoms with van der Waals surface area (Å²) in [5.41, 5.74) is -0.476. The molecular weight excluding hydrogens is 394 g/mol. The highest BCUT2D eigenvalue weighted by Crippen LogP contribution is 2.58.